The Hall–Kier alpha value is -0.100. The summed E-state index contributed by atoms with van der Waals surface area (Å²) in [6.45, 7) is 8.96. The zero-order chi connectivity index (χ0) is 12.2. The molecule has 1 atom stereocenters. The summed E-state index contributed by atoms with van der Waals surface area (Å²) >= 11 is -1.17. The van der Waals surface area contributed by atoms with Gasteiger partial charge >= 0.3 is 0 Å². The number of ether oxygens (including phenoxy) is 2. The largest absolute Gasteiger partial charge is 0.591 e. The molecule has 1 heterocycles. The van der Waals surface area contributed by atoms with E-state index in [4.69, 9.17) is 9.47 Å². The Bertz CT molecular complexity index is 244. The lowest BCUT2D eigenvalue weighted by atomic mass is 10.2. The van der Waals surface area contributed by atoms with E-state index >= 15 is 0 Å². The molecule has 5 heteroatoms. The molecule has 94 valence electrons. The van der Waals surface area contributed by atoms with Gasteiger partial charge in [0, 0.05) is 6.42 Å². The third-order valence-electron chi connectivity index (χ3n) is 2.32. The predicted molar refractivity (Wildman–Crippen MR) is 65.9 cm³/mol. The second-order valence-electron chi connectivity index (χ2n) is 5.02. The van der Waals surface area contributed by atoms with Gasteiger partial charge in [0.15, 0.2) is 5.79 Å². The van der Waals surface area contributed by atoms with Crippen LogP contribution in [0.4, 0.5) is 0 Å². The van der Waals surface area contributed by atoms with Crippen molar-refractivity contribution in [2.24, 2.45) is 4.40 Å². The molecule has 1 aliphatic heterocycles. The van der Waals surface area contributed by atoms with Gasteiger partial charge in [-0.25, -0.2) is 0 Å². The molecule has 0 aromatic rings. The zero-order valence-electron chi connectivity index (χ0n) is 10.5. The summed E-state index contributed by atoms with van der Waals surface area (Å²) in [4.78, 5) is 0. The van der Waals surface area contributed by atoms with Crippen LogP contribution in [0, 0.1) is 0 Å². The third kappa shape index (κ3) is 4.41. The van der Waals surface area contributed by atoms with Crippen LogP contribution in [0.2, 0.25) is 0 Å². The molecule has 0 saturated carbocycles. The van der Waals surface area contributed by atoms with E-state index in [2.05, 4.69) is 4.40 Å². The normalized spacial score (nSPS) is 22.8. The number of hydrogen-bond donors (Lipinski definition) is 0. The standard InChI is InChI=1S/C11H21NO3S/c1-10(2,3)16(13)12-7-5-6-11(4)14-8-9-15-11/h7H,5-6,8-9H2,1-4H3. The molecule has 1 fully saturated rings. The second kappa shape index (κ2) is 5.49. The molecule has 0 bridgehead atoms. The first-order valence-corrected chi connectivity index (χ1v) is 6.67. The van der Waals surface area contributed by atoms with Crippen molar-refractivity contribution < 1.29 is 14.0 Å². The molecular formula is C11H21NO3S. The van der Waals surface area contributed by atoms with E-state index in [-0.39, 0.29) is 4.75 Å². The molecule has 0 aromatic carbocycles. The van der Waals surface area contributed by atoms with Crippen LogP contribution < -0.4 is 0 Å². The lowest BCUT2D eigenvalue weighted by molar-refractivity contribution is -0.144. The zero-order valence-corrected chi connectivity index (χ0v) is 11.3. The minimum Gasteiger partial charge on any atom is -0.591 e. The minimum absolute atomic E-state index is 0.291. The van der Waals surface area contributed by atoms with Crippen LogP contribution in [0.3, 0.4) is 0 Å². The van der Waals surface area contributed by atoms with Gasteiger partial charge in [-0.3, -0.25) is 0 Å². The Kier molecular flexibility index (Phi) is 4.79. The molecular weight excluding hydrogens is 226 g/mol. The van der Waals surface area contributed by atoms with E-state index < -0.39 is 17.1 Å². The van der Waals surface area contributed by atoms with Gasteiger partial charge in [0.2, 0.25) is 0 Å². The van der Waals surface area contributed by atoms with Crippen molar-refractivity contribution in [3.8, 4) is 0 Å². The number of rotatable bonds is 4. The topological polar surface area (TPSA) is 53.9 Å². The first kappa shape index (κ1) is 14.0. The van der Waals surface area contributed by atoms with Gasteiger partial charge in [-0.1, -0.05) is 4.40 Å². The fraction of sp³-hybridized carbons (Fsp3) is 0.909. The maximum absolute atomic E-state index is 11.6. The van der Waals surface area contributed by atoms with E-state index in [0.717, 1.165) is 12.8 Å². The average molecular weight is 247 g/mol. The Morgan fingerprint density at radius 1 is 1.38 bits per heavy atom. The SMILES string of the molecule is CC1(CCC=N[S+]([O-])C(C)(C)C)OCCO1. The molecule has 16 heavy (non-hydrogen) atoms. The van der Waals surface area contributed by atoms with Gasteiger partial charge in [0.05, 0.1) is 19.4 Å². The van der Waals surface area contributed by atoms with Crippen molar-refractivity contribution in [2.75, 3.05) is 13.2 Å². The van der Waals surface area contributed by atoms with Crippen molar-refractivity contribution in [3.05, 3.63) is 0 Å². The van der Waals surface area contributed by atoms with Gasteiger partial charge in [0.1, 0.15) is 16.1 Å². The maximum atomic E-state index is 11.6. The monoisotopic (exact) mass is 247 g/mol. The highest BCUT2D eigenvalue weighted by Crippen LogP contribution is 2.23. The summed E-state index contributed by atoms with van der Waals surface area (Å²) in [7, 11) is 0. The van der Waals surface area contributed by atoms with Crippen LogP contribution in [0.1, 0.15) is 40.5 Å². The maximum Gasteiger partial charge on any atom is 0.166 e. The van der Waals surface area contributed by atoms with Crippen molar-refractivity contribution in [1.29, 1.82) is 0 Å². The van der Waals surface area contributed by atoms with Crippen molar-refractivity contribution in [2.45, 2.75) is 51.1 Å². The van der Waals surface area contributed by atoms with E-state index in [9.17, 15) is 4.55 Å². The summed E-state index contributed by atoms with van der Waals surface area (Å²) in [5.74, 6) is -0.477. The predicted octanol–water partition coefficient (Wildman–Crippen LogP) is 2.06. The van der Waals surface area contributed by atoms with E-state index in [1.807, 2.05) is 27.7 Å². The smallest absolute Gasteiger partial charge is 0.166 e. The average Bonchev–Trinajstić information content (AvgIpc) is 2.58. The van der Waals surface area contributed by atoms with Crippen molar-refractivity contribution in [1.82, 2.24) is 0 Å². The molecule has 0 aromatic heterocycles. The van der Waals surface area contributed by atoms with E-state index in [1.54, 1.807) is 6.21 Å². The molecule has 4 nitrogen and oxygen atoms in total. The minimum atomic E-state index is -1.17. The molecule has 0 N–H and O–H groups in total. The van der Waals surface area contributed by atoms with Crippen LogP contribution in [0.25, 0.3) is 0 Å². The Morgan fingerprint density at radius 3 is 2.44 bits per heavy atom. The Balaban J connectivity index is 2.27. The van der Waals surface area contributed by atoms with Gasteiger partial charge < -0.3 is 14.0 Å². The Labute approximate surface area is 101 Å². The first-order valence-electron chi connectivity index (χ1n) is 5.56. The summed E-state index contributed by atoms with van der Waals surface area (Å²) in [5.41, 5.74) is 0. The van der Waals surface area contributed by atoms with Crippen LogP contribution in [-0.4, -0.2) is 34.5 Å². The van der Waals surface area contributed by atoms with Crippen LogP contribution in [-0.2, 0) is 20.8 Å². The van der Waals surface area contributed by atoms with E-state index in [1.165, 1.54) is 0 Å². The molecule has 0 aliphatic carbocycles. The Morgan fingerprint density at radius 2 is 1.94 bits per heavy atom. The first-order chi connectivity index (χ1) is 7.33. The molecule has 0 radical (unpaired) electrons. The van der Waals surface area contributed by atoms with Crippen molar-refractivity contribution >= 4 is 17.6 Å². The summed E-state index contributed by atoms with van der Waals surface area (Å²) in [6, 6.07) is 0. The van der Waals surface area contributed by atoms with Gasteiger partial charge in [-0.15, -0.1) is 0 Å². The summed E-state index contributed by atoms with van der Waals surface area (Å²) in [5, 5.41) is 0. The highest BCUT2D eigenvalue weighted by molar-refractivity contribution is 7.91. The highest BCUT2D eigenvalue weighted by Gasteiger charge is 2.30. The fourth-order valence-corrected chi connectivity index (χ4v) is 1.86. The summed E-state index contributed by atoms with van der Waals surface area (Å²) < 4.78 is 26.2. The third-order valence-corrected chi connectivity index (χ3v) is 3.71. The fourth-order valence-electron chi connectivity index (χ4n) is 1.31. The van der Waals surface area contributed by atoms with Crippen LogP contribution >= 0.6 is 0 Å². The second-order valence-corrected chi connectivity index (χ2v) is 6.95. The van der Waals surface area contributed by atoms with Crippen molar-refractivity contribution in [3.63, 3.8) is 0 Å². The van der Waals surface area contributed by atoms with E-state index in [0.29, 0.717) is 13.2 Å². The highest BCUT2D eigenvalue weighted by atomic mass is 32.2. The van der Waals surface area contributed by atoms with Gasteiger partial charge in [0.25, 0.3) is 0 Å². The molecule has 0 amide bonds. The molecule has 1 saturated heterocycles. The lowest BCUT2D eigenvalue weighted by Crippen LogP contribution is -2.27. The number of hydrogen-bond acceptors (Lipinski definition) is 4. The van der Waals surface area contributed by atoms with Gasteiger partial charge in [-0.05, 0) is 34.1 Å². The quantitative estimate of drug-likeness (QED) is 0.564. The lowest BCUT2D eigenvalue weighted by Gasteiger charge is -2.21. The molecule has 1 unspecified atom stereocenters. The molecule has 1 aliphatic rings. The van der Waals surface area contributed by atoms with Crippen LogP contribution in [0.15, 0.2) is 4.40 Å². The van der Waals surface area contributed by atoms with Crippen LogP contribution in [0.5, 0.6) is 0 Å². The molecule has 1 rings (SSSR count). The van der Waals surface area contributed by atoms with Gasteiger partial charge in [-0.2, -0.15) is 0 Å². The number of nitrogens with zero attached hydrogens (tertiary/aromatic N) is 1. The summed E-state index contributed by atoms with van der Waals surface area (Å²) in [6.07, 6.45) is 3.17. The molecule has 0 spiro atoms.